The van der Waals surface area contributed by atoms with Crippen molar-refractivity contribution in [2.75, 3.05) is 20.0 Å². The van der Waals surface area contributed by atoms with Gasteiger partial charge in [0.05, 0.1) is 19.9 Å². The molecule has 0 spiro atoms. The smallest absolute Gasteiger partial charge is 0.181 e. The molecule has 5 heteroatoms. The Kier molecular flexibility index (Phi) is 4.73. The molecule has 0 atom stereocenters. The summed E-state index contributed by atoms with van der Waals surface area (Å²) in [6, 6.07) is 3.38. The normalized spacial score (nSPS) is 8.85. The summed E-state index contributed by atoms with van der Waals surface area (Å²) in [5, 5.41) is 0.386. The van der Waals surface area contributed by atoms with Gasteiger partial charge in [0.25, 0.3) is 0 Å². The number of methoxy groups -OCH3 is 2. The van der Waals surface area contributed by atoms with E-state index in [2.05, 4.69) is 0 Å². The minimum atomic E-state index is 0. The van der Waals surface area contributed by atoms with Gasteiger partial charge in [-0.2, -0.15) is 0 Å². The van der Waals surface area contributed by atoms with E-state index in [-0.39, 0.29) is 12.4 Å². The van der Waals surface area contributed by atoms with Gasteiger partial charge in [-0.25, -0.2) is 0 Å². The summed E-state index contributed by atoms with van der Waals surface area (Å²) in [7, 11) is 3.06. The van der Waals surface area contributed by atoms with Crippen molar-refractivity contribution in [3.63, 3.8) is 0 Å². The number of hydrogen-bond acceptors (Lipinski definition) is 3. The minimum absolute atomic E-state index is 0. The summed E-state index contributed by atoms with van der Waals surface area (Å²) in [6.45, 7) is 0. The van der Waals surface area contributed by atoms with Crippen LogP contribution in [-0.2, 0) is 0 Å². The SMILES string of the molecule is COc1ccc(N)c(Cl)c1OC.Cl. The number of rotatable bonds is 2. The predicted octanol–water partition coefficient (Wildman–Crippen LogP) is 2.36. The Morgan fingerprint density at radius 2 is 1.85 bits per heavy atom. The molecular formula is C8H11Cl2NO2. The van der Waals surface area contributed by atoms with Crippen molar-refractivity contribution in [1.82, 2.24) is 0 Å². The molecule has 0 bridgehead atoms. The van der Waals surface area contributed by atoms with Crippen molar-refractivity contribution in [1.29, 1.82) is 0 Å². The highest BCUT2D eigenvalue weighted by atomic mass is 35.5. The molecule has 1 aromatic carbocycles. The lowest BCUT2D eigenvalue weighted by Crippen LogP contribution is -1.94. The minimum Gasteiger partial charge on any atom is -0.493 e. The number of nitrogens with two attached hydrogens (primary N) is 1. The third kappa shape index (κ3) is 2.32. The molecule has 0 fully saturated rings. The fourth-order valence-corrected chi connectivity index (χ4v) is 1.14. The molecule has 0 aromatic heterocycles. The second kappa shape index (κ2) is 5.04. The lowest BCUT2D eigenvalue weighted by atomic mass is 10.3. The van der Waals surface area contributed by atoms with Crippen LogP contribution in [0.4, 0.5) is 5.69 Å². The number of ether oxygens (including phenoxy) is 2. The number of anilines is 1. The number of benzene rings is 1. The molecule has 74 valence electrons. The molecule has 3 nitrogen and oxygen atoms in total. The second-order valence-electron chi connectivity index (χ2n) is 2.20. The summed E-state index contributed by atoms with van der Waals surface area (Å²) in [4.78, 5) is 0. The van der Waals surface area contributed by atoms with E-state index in [1.54, 1.807) is 19.2 Å². The van der Waals surface area contributed by atoms with Gasteiger partial charge in [0.2, 0.25) is 0 Å². The van der Waals surface area contributed by atoms with E-state index in [4.69, 9.17) is 26.8 Å². The first-order valence-electron chi connectivity index (χ1n) is 3.36. The maximum atomic E-state index is 5.85. The number of nitrogen functional groups attached to an aromatic ring is 1. The van der Waals surface area contributed by atoms with Gasteiger partial charge >= 0.3 is 0 Å². The molecule has 0 radical (unpaired) electrons. The molecule has 0 saturated carbocycles. The topological polar surface area (TPSA) is 44.5 Å². The van der Waals surface area contributed by atoms with Gasteiger partial charge < -0.3 is 15.2 Å². The van der Waals surface area contributed by atoms with Crippen molar-refractivity contribution in [3.05, 3.63) is 17.2 Å². The zero-order valence-corrected chi connectivity index (χ0v) is 8.91. The summed E-state index contributed by atoms with van der Waals surface area (Å²) < 4.78 is 10.0. The molecule has 1 rings (SSSR count). The largest absolute Gasteiger partial charge is 0.493 e. The van der Waals surface area contributed by atoms with Crippen LogP contribution < -0.4 is 15.2 Å². The fraction of sp³-hybridized carbons (Fsp3) is 0.250. The quantitative estimate of drug-likeness (QED) is 0.784. The zero-order valence-electron chi connectivity index (χ0n) is 7.33. The van der Waals surface area contributed by atoms with E-state index < -0.39 is 0 Å². The monoisotopic (exact) mass is 223 g/mol. The first kappa shape index (κ1) is 12.2. The van der Waals surface area contributed by atoms with Crippen LogP contribution >= 0.6 is 24.0 Å². The van der Waals surface area contributed by atoms with Gasteiger partial charge in [0.1, 0.15) is 5.02 Å². The highest BCUT2D eigenvalue weighted by Gasteiger charge is 2.10. The maximum Gasteiger partial charge on any atom is 0.181 e. The van der Waals surface area contributed by atoms with Gasteiger partial charge in [-0.3, -0.25) is 0 Å². The van der Waals surface area contributed by atoms with Crippen LogP contribution in [0.5, 0.6) is 11.5 Å². The molecule has 0 amide bonds. The molecule has 0 aliphatic carbocycles. The Labute approximate surface area is 88.2 Å². The Bertz CT molecular complexity index is 292. The maximum absolute atomic E-state index is 5.85. The van der Waals surface area contributed by atoms with E-state index >= 15 is 0 Å². The van der Waals surface area contributed by atoms with Crippen molar-refractivity contribution in [3.8, 4) is 11.5 Å². The van der Waals surface area contributed by atoms with Gasteiger partial charge in [-0.1, -0.05) is 11.6 Å². The molecule has 0 aliphatic heterocycles. The molecule has 0 saturated heterocycles. The first-order chi connectivity index (χ1) is 5.70. The average Bonchev–Trinajstić information content (AvgIpc) is 2.09. The van der Waals surface area contributed by atoms with Crippen molar-refractivity contribution < 1.29 is 9.47 Å². The average molecular weight is 224 g/mol. The lowest BCUT2D eigenvalue weighted by Gasteiger charge is -2.09. The summed E-state index contributed by atoms with van der Waals surface area (Å²) in [6.07, 6.45) is 0. The highest BCUT2D eigenvalue weighted by molar-refractivity contribution is 6.34. The third-order valence-corrected chi connectivity index (χ3v) is 1.90. The standard InChI is InChI=1S/C8H10ClNO2.ClH/c1-11-6-4-3-5(10)7(9)8(6)12-2;/h3-4H,10H2,1-2H3;1H. The lowest BCUT2D eigenvalue weighted by molar-refractivity contribution is 0.355. The number of halogens is 2. The Hall–Kier alpha value is -0.800. The summed E-state index contributed by atoms with van der Waals surface area (Å²) in [5.74, 6) is 1.05. The van der Waals surface area contributed by atoms with Crippen LogP contribution in [0.25, 0.3) is 0 Å². The van der Waals surface area contributed by atoms with Gasteiger partial charge in [-0.15, -0.1) is 12.4 Å². The Balaban J connectivity index is 0.00000144. The zero-order chi connectivity index (χ0) is 9.14. The van der Waals surface area contributed by atoms with Gasteiger partial charge in [0, 0.05) is 0 Å². The Morgan fingerprint density at radius 1 is 1.23 bits per heavy atom. The van der Waals surface area contributed by atoms with Crippen molar-refractivity contribution in [2.24, 2.45) is 0 Å². The van der Waals surface area contributed by atoms with Crippen LogP contribution in [-0.4, -0.2) is 14.2 Å². The van der Waals surface area contributed by atoms with Crippen LogP contribution in [0.3, 0.4) is 0 Å². The van der Waals surface area contributed by atoms with E-state index in [1.807, 2.05) is 0 Å². The Morgan fingerprint density at radius 3 is 2.31 bits per heavy atom. The molecule has 1 aromatic rings. The van der Waals surface area contributed by atoms with Crippen LogP contribution in [0.1, 0.15) is 0 Å². The van der Waals surface area contributed by atoms with Crippen molar-refractivity contribution >= 4 is 29.7 Å². The van der Waals surface area contributed by atoms with Crippen LogP contribution in [0.15, 0.2) is 12.1 Å². The van der Waals surface area contributed by atoms with Crippen LogP contribution in [0, 0.1) is 0 Å². The van der Waals surface area contributed by atoms with Crippen molar-refractivity contribution in [2.45, 2.75) is 0 Å². The van der Waals surface area contributed by atoms with E-state index in [9.17, 15) is 0 Å². The third-order valence-electron chi connectivity index (χ3n) is 1.51. The molecule has 13 heavy (non-hydrogen) atoms. The van der Waals surface area contributed by atoms with E-state index in [0.717, 1.165) is 0 Å². The molecular weight excluding hydrogens is 213 g/mol. The fourth-order valence-electron chi connectivity index (χ4n) is 0.905. The van der Waals surface area contributed by atoms with E-state index in [1.165, 1.54) is 7.11 Å². The summed E-state index contributed by atoms with van der Waals surface area (Å²) in [5.41, 5.74) is 6.03. The van der Waals surface area contributed by atoms with Gasteiger partial charge in [0.15, 0.2) is 11.5 Å². The first-order valence-corrected chi connectivity index (χ1v) is 3.74. The highest BCUT2D eigenvalue weighted by Crippen LogP contribution is 2.38. The summed E-state index contributed by atoms with van der Waals surface area (Å²) >= 11 is 5.85. The van der Waals surface area contributed by atoms with Gasteiger partial charge in [-0.05, 0) is 12.1 Å². The second-order valence-corrected chi connectivity index (χ2v) is 2.58. The molecule has 0 unspecified atom stereocenters. The predicted molar refractivity (Wildman–Crippen MR) is 56.2 cm³/mol. The molecule has 2 N–H and O–H groups in total. The molecule has 0 heterocycles. The van der Waals surface area contributed by atoms with Crippen LogP contribution in [0.2, 0.25) is 5.02 Å². The number of hydrogen-bond donors (Lipinski definition) is 1. The van der Waals surface area contributed by atoms with E-state index in [0.29, 0.717) is 22.2 Å². The molecule has 0 aliphatic rings.